The molecule has 6 heteroatoms. The summed E-state index contributed by atoms with van der Waals surface area (Å²) in [6.45, 7) is 10.2. The van der Waals surface area contributed by atoms with E-state index < -0.39 is 9.84 Å². The topological polar surface area (TPSA) is 70.6 Å². The molecule has 0 saturated heterocycles. The lowest BCUT2D eigenvalue weighted by atomic mass is 9.84. The van der Waals surface area contributed by atoms with Crippen LogP contribution in [0.25, 0.3) is 0 Å². The zero-order chi connectivity index (χ0) is 18.2. The van der Waals surface area contributed by atoms with Crippen LogP contribution in [0.3, 0.4) is 0 Å². The molecule has 0 amide bonds. The first-order chi connectivity index (χ1) is 11.2. The molecule has 0 aliphatic rings. The van der Waals surface area contributed by atoms with Gasteiger partial charge in [0.1, 0.15) is 9.84 Å². The number of sulfone groups is 1. The molecule has 0 saturated carbocycles. The molecule has 2 N–H and O–H groups in total. The highest BCUT2D eigenvalue weighted by Gasteiger charge is 2.20. The van der Waals surface area contributed by atoms with Crippen molar-refractivity contribution in [2.24, 2.45) is 4.99 Å². The molecule has 1 aromatic carbocycles. The lowest BCUT2D eigenvalue weighted by molar-refractivity contribution is 0.537. The van der Waals surface area contributed by atoms with E-state index in [1.54, 1.807) is 0 Å². The lowest BCUT2D eigenvalue weighted by Crippen LogP contribution is -2.40. The molecule has 1 aromatic rings. The zero-order valence-electron chi connectivity index (χ0n) is 15.5. The van der Waals surface area contributed by atoms with Gasteiger partial charge in [-0.05, 0) is 24.5 Å². The molecule has 0 aromatic heterocycles. The standard InChI is InChI=1S/C18H31N3O2S/c1-6-15-8-10-16(11-9-15)18(3,4)14-21-17(19-7-2)20-12-13-24(5,22)23/h8-11H,6-7,12-14H2,1-5H3,(H2,19,20,21). The maximum absolute atomic E-state index is 11.2. The number of benzene rings is 1. The Hall–Kier alpha value is -1.56. The third kappa shape index (κ3) is 7.34. The maximum atomic E-state index is 11.2. The molecule has 24 heavy (non-hydrogen) atoms. The van der Waals surface area contributed by atoms with E-state index in [9.17, 15) is 8.42 Å². The van der Waals surface area contributed by atoms with Crippen LogP contribution in [0.15, 0.2) is 29.3 Å². The highest BCUT2D eigenvalue weighted by molar-refractivity contribution is 7.90. The van der Waals surface area contributed by atoms with Crippen molar-refractivity contribution < 1.29 is 8.42 Å². The summed E-state index contributed by atoms with van der Waals surface area (Å²) in [6, 6.07) is 8.66. The first-order valence-corrected chi connectivity index (χ1v) is 10.5. The summed E-state index contributed by atoms with van der Waals surface area (Å²) in [4.78, 5) is 4.62. The number of rotatable bonds is 8. The van der Waals surface area contributed by atoms with Crippen molar-refractivity contribution in [1.82, 2.24) is 10.6 Å². The second-order valence-corrected chi connectivity index (χ2v) is 8.95. The maximum Gasteiger partial charge on any atom is 0.191 e. The van der Waals surface area contributed by atoms with E-state index in [0.29, 0.717) is 19.0 Å². The summed E-state index contributed by atoms with van der Waals surface area (Å²) in [7, 11) is -2.97. The molecule has 0 unspecified atom stereocenters. The first kappa shape index (κ1) is 20.5. The van der Waals surface area contributed by atoms with Crippen LogP contribution in [0, 0.1) is 0 Å². The summed E-state index contributed by atoms with van der Waals surface area (Å²) in [5, 5.41) is 6.23. The van der Waals surface area contributed by atoms with Crippen LogP contribution in [-0.2, 0) is 21.7 Å². The van der Waals surface area contributed by atoms with Crippen molar-refractivity contribution in [3.63, 3.8) is 0 Å². The Morgan fingerprint density at radius 2 is 1.75 bits per heavy atom. The van der Waals surface area contributed by atoms with Crippen LogP contribution < -0.4 is 10.6 Å². The van der Waals surface area contributed by atoms with Crippen LogP contribution in [0.2, 0.25) is 0 Å². The zero-order valence-corrected chi connectivity index (χ0v) is 16.3. The summed E-state index contributed by atoms with van der Waals surface area (Å²) < 4.78 is 22.4. The van der Waals surface area contributed by atoms with Crippen molar-refractivity contribution in [2.45, 2.75) is 39.5 Å². The summed E-state index contributed by atoms with van der Waals surface area (Å²) in [6.07, 6.45) is 2.27. The van der Waals surface area contributed by atoms with E-state index in [-0.39, 0.29) is 11.2 Å². The van der Waals surface area contributed by atoms with Crippen LogP contribution in [0.1, 0.15) is 38.8 Å². The summed E-state index contributed by atoms with van der Waals surface area (Å²) in [5.74, 6) is 0.749. The van der Waals surface area contributed by atoms with E-state index in [0.717, 1.165) is 13.0 Å². The molecule has 0 aliphatic heterocycles. The fourth-order valence-electron chi connectivity index (χ4n) is 2.26. The smallest absolute Gasteiger partial charge is 0.191 e. The first-order valence-electron chi connectivity index (χ1n) is 8.47. The minimum atomic E-state index is -2.97. The van der Waals surface area contributed by atoms with Crippen molar-refractivity contribution in [3.05, 3.63) is 35.4 Å². The van der Waals surface area contributed by atoms with Crippen molar-refractivity contribution >= 4 is 15.8 Å². The van der Waals surface area contributed by atoms with E-state index in [2.05, 4.69) is 60.7 Å². The van der Waals surface area contributed by atoms with Gasteiger partial charge >= 0.3 is 0 Å². The van der Waals surface area contributed by atoms with Gasteiger partial charge < -0.3 is 10.6 Å². The van der Waals surface area contributed by atoms with Gasteiger partial charge in [0, 0.05) is 24.8 Å². The number of aliphatic imine (C=N–C) groups is 1. The lowest BCUT2D eigenvalue weighted by Gasteiger charge is -2.24. The molecule has 0 spiro atoms. The van der Waals surface area contributed by atoms with Crippen LogP contribution >= 0.6 is 0 Å². The van der Waals surface area contributed by atoms with Gasteiger partial charge in [0.05, 0.1) is 12.3 Å². The van der Waals surface area contributed by atoms with Gasteiger partial charge in [-0.25, -0.2) is 8.42 Å². The van der Waals surface area contributed by atoms with E-state index >= 15 is 0 Å². The Balaban J connectivity index is 2.74. The SMILES string of the molecule is CCNC(=NCC(C)(C)c1ccc(CC)cc1)NCCS(C)(=O)=O. The van der Waals surface area contributed by atoms with Gasteiger partial charge in [0.15, 0.2) is 5.96 Å². The van der Waals surface area contributed by atoms with Crippen LogP contribution in [0.4, 0.5) is 0 Å². The molecule has 5 nitrogen and oxygen atoms in total. The molecule has 0 aliphatic carbocycles. The molecule has 0 bridgehead atoms. The monoisotopic (exact) mass is 353 g/mol. The number of guanidine groups is 1. The minimum absolute atomic E-state index is 0.0918. The Bertz CT molecular complexity index is 635. The normalized spacial score (nSPS) is 13.0. The number of hydrogen-bond acceptors (Lipinski definition) is 3. The van der Waals surface area contributed by atoms with Gasteiger partial charge in [-0.15, -0.1) is 0 Å². The summed E-state index contributed by atoms with van der Waals surface area (Å²) in [5.41, 5.74) is 2.48. The molecule has 136 valence electrons. The quantitative estimate of drug-likeness (QED) is 0.555. The third-order valence-corrected chi connectivity index (χ3v) is 4.83. The average Bonchev–Trinajstić information content (AvgIpc) is 2.51. The Kier molecular flexibility index (Phi) is 7.73. The Morgan fingerprint density at radius 1 is 1.12 bits per heavy atom. The number of hydrogen-bond donors (Lipinski definition) is 2. The second-order valence-electron chi connectivity index (χ2n) is 6.69. The molecular formula is C18H31N3O2S. The van der Waals surface area contributed by atoms with Gasteiger partial charge in [-0.1, -0.05) is 45.0 Å². The molecular weight excluding hydrogens is 322 g/mol. The largest absolute Gasteiger partial charge is 0.357 e. The Labute approximate surface area is 146 Å². The van der Waals surface area contributed by atoms with Gasteiger partial charge in [-0.3, -0.25) is 4.99 Å². The van der Waals surface area contributed by atoms with E-state index in [1.807, 2.05) is 6.92 Å². The predicted molar refractivity (Wildman–Crippen MR) is 103 cm³/mol. The number of nitrogens with one attached hydrogen (secondary N) is 2. The van der Waals surface area contributed by atoms with Crippen molar-refractivity contribution in [1.29, 1.82) is 0 Å². The fourth-order valence-corrected chi connectivity index (χ4v) is 2.73. The van der Waals surface area contributed by atoms with Gasteiger partial charge in [0.25, 0.3) is 0 Å². The summed E-state index contributed by atoms with van der Waals surface area (Å²) >= 11 is 0. The number of nitrogens with zero attached hydrogens (tertiary/aromatic N) is 1. The number of aryl methyl sites for hydroxylation is 1. The van der Waals surface area contributed by atoms with E-state index in [4.69, 9.17) is 0 Å². The Morgan fingerprint density at radius 3 is 2.25 bits per heavy atom. The average molecular weight is 354 g/mol. The molecule has 0 heterocycles. The van der Waals surface area contributed by atoms with Gasteiger partial charge in [-0.2, -0.15) is 0 Å². The van der Waals surface area contributed by atoms with Gasteiger partial charge in [0.2, 0.25) is 0 Å². The predicted octanol–water partition coefficient (Wildman–Crippen LogP) is 2.13. The van der Waals surface area contributed by atoms with Crippen molar-refractivity contribution in [2.75, 3.05) is 31.6 Å². The second kappa shape index (κ2) is 9.06. The van der Waals surface area contributed by atoms with E-state index in [1.165, 1.54) is 17.4 Å². The van der Waals surface area contributed by atoms with Crippen LogP contribution in [0.5, 0.6) is 0 Å². The molecule has 1 rings (SSSR count). The van der Waals surface area contributed by atoms with Crippen LogP contribution in [-0.4, -0.2) is 46.0 Å². The fraction of sp³-hybridized carbons (Fsp3) is 0.611. The third-order valence-electron chi connectivity index (χ3n) is 3.89. The minimum Gasteiger partial charge on any atom is -0.357 e. The van der Waals surface area contributed by atoms with Crippen molar-refractivity contribution in [3.8, 4) is 0 Å². The highest BCUT2D eigenvalue weighted by atomic mass is 32.2. The highest BCUT2D eigenvalue weighted by Crippen LogP contribution is 2.24. The molecule has 0 fully saturated rings. The molecule has 0 atom stereocenters. The molecule has 0 radical (unpaired) electrons.